The first-order valence-corrected chi connectivity index (χ1v) is 7.38. The lowest BCUT2D eigenvalue weighted by atomic mass is 9.85. The van der Waals surface area contributed by atoms with Crippen LogP contribution in [0.3, 0.4) is 0 Å². The molecule has 1 fully saturated rings. The predicted molar refractivity (Wildman–Crippen MR) is 70.1 cm³/mol. The first-order chi connectivity index (χ1) is 8.27. The Hall–Kier alpha value is -0.180. The molecule has 0 saturated heterocycles. The van der Waals surface area contributed by atoms with E-state index in [2.05, 4.69) is 5.09 Å². The zero-order valence-corrected chi connectivity index (χ0v) is 11.8. The summed E-state index contributed by atoms with van der Waals surface area (Å²) in [5.74, 6) is 0.495. The first-order valence-electron chi connectivity index (χ1n) is 6.48. The van der Waals surface area contributed by atoms with E-state index in [9.17, 15) is 4.79 Å². The monoisotopic (exact) mass is 261 g/mol. The Morgan fingerprint density at radius 2 is 2.12 bits per heavy atom. The largest absolute Gasteiger partial charge is 0.468 e. The van der Waals surface area contributed by atoms with Crippen molar-refractivity contribution < 1.29 is 14.1 Å². The Kier molecular flexibility index (Phi) is 7.74. The maximum Gasteiger partial charge on any atom is 0.323 e. The number of nitrogens with one attached hydrogen (secondary N) is 1. The number of hydrogen-bond donors (Lipinski definition) is 1. The van der Waals surface area contributed by atoms with Gasteiger partial charge in [0.25, 0.3) is 0 Å². The van der Waals surface area contributed by atoms with Gasteiger partial charge in [-0.25, -0.2) is 0 Å². The molecule has 0 aromatic carbocycles. The summed E-state index contributed by atoms with van der Waals surface area (Å²) in [5.41, 5.74) is 0. The lowest BCUT2D eigenvalue weighted by molar-refractivity contribution is -0.143. The Labute approximate surface area is 106 Å². The van der Waals surface area contributed by atoms with Crippen LogP contribution in [-0.4, -0.2) is 25.7 Å². The van der Waals surface area contributed by atoms with Crippen LogP contribution >= 0.6 is 8.96 Å². The van der Waals surface area contributed by atoms with Crippen LogP contribution in [0.4, 0.5) is 0 Å². The molecule has 0 radical (unpaired) electrons. The Bertz CT molecular complexity index is 220. The molecule has 1 rings (SSSR count). The van der Waals surface area contributed by atoms with E-state index in [4.69, 9.17) is 9.26 Å². The quantitative estimate of drug-likeness (QED) is 0.435. The van der Waals surface area contributed by atoms with Crippen molar-refractivity contribution in [2.75, 3.05) is 13.7 Å². The van der Waals surface area contributed by atoms with Gasteiger partial charge in [-0.2, -0.15) is 0 Å². The summed E-state index contributed by atoms with van der Waals surface area (Å²) < 4.78 is 10.1. The van der Waals surface area contributed by atoms with Gasteiger partial charge in [0.1, 0.15) is 6.04 Å². The first kappa shape index (κ1) is 14.9. The standard InChI is InChI=1S/C12H24NO3P/c1-3-16-17-13-11(12(14)15-2)9-10-7-5-4-6-8-10/h10-11,13,17H,3-9H2,1-2H3/t11-/m0/s1. The highest BCUT2D eigenvalue weighted by atomic mass is 31.1. The summed E-state index contributed by atoms with van der Waals surface area (Å²) >= 11 is 0. The maximum atomic E-state index is 11.6. The Morgan fingerprint density at radius 1 is 1.41 bits per heavy atom. The number of rotatable bonds is 7. The van der Waals surface area contributed by atoms with E-state index in [1.54, 1.807) is 0 Å². The van der Waals surface area contributed by atoms with Crippen molar-refractivity contribution in [3.05, 3.63) is 0 Å². The summed E-state index contributed by atoms with van der Waals surface area (Å²) in [6, 6.07) is -0.201. The number of hydrogen-bond acceptors (Lipinski definition) is 4. The highest BCUT2D eigenvalue weighted by Crippen LogP contribution is 2.28. The summed E-state index contributed by atoms with van der Waals surface area (Å²) in [7, 11) is 1.62. The lowest BCUT2D eigenvalue weighted by Gasteiger charge is -2.25. The van der Waals surface area contributed by atoms with Crippen molar-refractivity contribution in [2.45, 2.75) is 51.5 Å². The van der Waals surface area contributed by atoms with E-state index < -0.39 is 0 Å². The van der Waals surface area contributed by atoms with Gasteiger partial charge in [0.2, 0.25) is 0 Å². The fraction of sp³-hybridized carbons (Fsp3) is 0.917. The third-order valence-corrected chi connectivity index (χ3v) is 4.13. The molecule has 2 atom stereocenters. The molecular weight excluding hydrogens is 237 g/mol. The topological polar surface area (TPSA) is 47.6 Å². The molecule has 100 valence electrons. The van der Waals surface area contributed by atoms with Crippen LogP contribution in [0.1, 0.15) is 45.4 Å². The molecule has 0 heterocycles. The van der Waals surface area contributed by atoms with Gasteiger partial charge < -0.3 is 9.26 Å². The third-order valence-electron chi connectivity index (χ3n) is 3.23. The van der Waals surface area contributed by atoms with Gasteiger partial charge >= 0.3 is 5.97 Å². The minimum absolute atomic E-state index is 0.164. The maximum absolute atomic E-state index is 11.6. The molecule has 17 heavy (non-hydrogen) atoms. The van der Waals surface area contributed by atoms with Gasteiger partial charge in [-0.05, 0) is 19.3 Å². The van der Waals surface area contributed by atoms with Crippen molar-refractivity contribution in [1.82, 2.24) is 5.09 Å². The van der Waals surface area contributed by atoms with E-state index in [0.29, 0.717) is 12.5 Å². The molecular formula is C12H24NO3P. The van der Waals surface area contributed by atoms with Crippen molar-refractivity contribution >= 4 is 14.9 Å². The predicted octanol–water partition coefficient (Wildman–Crippen LogP) is 2.63. The molecule has 0 bridgehead atoms. The number of carbonyl (C=O) groups excluding carboxylic acids is 1. The normalized spacial score (nSPS) is 19.6. The minimum Gasteiger partial charge on any atom is -0.468 e. The molecule has 1 aliphatic rings. The van der Waals surface area contributed by atoms with E-state index in [0.717, 1.165) is 6.42 Å². The fourth-order valence-corrected chi connectivity index (χ4v) is 2.90. The van der Waals surface area contributed by atoms with Gasteiger partial charge in [-0.3, -0.25) is 9.88 Å². The second-order valence-corrected chi connectivity index (χ2v) is 5.28. The van der Waals surface area contributed by atoms with Gasteiger partial charge in [-0.1, -0.05) is 32.1 Å². The molecule has 1 aliphatic carbocycles. The van der Waals surface area contributed by atoms with Crippen LogP contribution < -0.4 is 5.09 Å². The summed E-state index contributed by atoms with van der Waals surface area (Å²) in [4.78, 5) is 11.6. The molecule has 0 aromatic heterocycles. The molecule has 1 unspecified atom stereocenters. The Balaban J connectivity index is 2.35. The van der Waals surface area contributed by atoms with Gasteiger partial charge in [0.05, 0.1) is 16.1 Å². The van der Waals surface area contributed by atoms with E-state index in [-0.39, 0.29) is 21.0 Å². The molecule has 1 saturated carbocycles. The van der Waals surface area contributed by atoms with E-state index in [1.165, 1.54) is 39.2 Å². The number of methoxy groups -OCH3 is 1. The molecule has 0 amide bonds. The Morgan fingerprint density at radius 3 is 2.71 bits per heavy atom. The van der Waals surface area contributed by atoms with Crippen molar-refractivity contribution in [3.8, 4) is 0 Å². The van der Waals surface area contributed by atoms with Gasteiger partial charge in [-0.15, -0.1) is 0 Å². The van der Waals surface area contributed by atoms with Gasteiger partial charge in [0.15, 0.2) is 0 Å². The highest BCUT2D eigenvalue weighted by molar-refractivity contribution is 7.29. The number of carbonyl (C=O) groups is 1. The van der Waals surface area contributed by atoms with Crippen LogP contribution in [0.2, 0.25) is 0 Å². The summed E-state index contributed by atoms with van der Waals surface area (Å²) in [6.45, 7) is 2.62. The third kappa shape index (κ3) is 5.80. The zero-order valence-electron chi connectivity index (χ0n) is 10.8. The SMILES string of the molecule is CCOPN[C@@H](CC1CCCCC1)C(=O)OC. The average Bonchev–Trinajstić information content (AvgIpc) is 2.38. The van der Waals surface area contributed by atoms with Crippen LogP contribution in [-0.2, 0) is 14.1 Å². The highest BCUT2D eigenvalue weighted by Gasteiger charge is 2.24. The minimum atomic E-state index is -0.201. The smallest absolute Gasteiger partial charge is 0.323 e. The van der Waals surface area contributed by atoms with Gasteiger partial charge in [0, 0.05) is 6.61 Å². The molecule has 1 N–H and O–H groups in total. The lowest BCUT2D eigenvalue weighted by Crippen LogP contribution is -2.35. The second-order valence-electron chi connectivity index (χ2n) is 4.49. The fourth-order valence-electron chi connectivity index (χ4n) is 2.30. The van der Waals surface area contributed by atoms with Crippen LogP contribution in [0, 0.1) is 5.92 Å². The van der Waals surface area contributed by atoms with E-state index >= 15 is 0 Å². The van der Waals surface area contributed by atoms with Crippen molar-refractivity contribution in [2.24, 2.45) is 5.92 Å². The average molecular weight is 261 g/mol. The van der Waals surface area contributed by atoms with Crippen LogP contribution in [0.25, 0.3) is 0 Å². The summed E-state index contributed by atoms with van der Waals surface area (Å²) in [5, 5.41) is 3.15. The molecule has 0 spiro atoms. The number of esters is 1. The van der Waals surface area contributed by atoms with Crippen molar-refractivity contribution in [1.29, 1.82) is 0 Å². The van der Waals surface area contributed by atoms with Crippen LogP contribution in [0.5, 0.6) is 0 Å². The second kappa shape index (κ2) is 8.84. The molecule has 5 heteroatoms. The van der Waals surface area contributed by atoms with E-state index in [1.807, 2.05) is 6.92 Å². The molecule has 0 aliphatic heterocycles. The zero-order chi connectivity index (χ0) is 12.5. The van der Waals surface area contributed by atoms with Crippen LogP contribution in [0.15, 0.2) is 0 Å². The van der Waals surface area contributed by atoms with Crippen molar-refractivity contribution in [3.63, 3.8) is 0 Å². The molecule has 4 nitrogen and oxygen atoms in total. The summed E-state index contributed by atoms with van der Waals surface area (Å²) in [6.07, 6.45) is 7.30. The number of ether oxygens (including phenoxy) is 1. The molecule has 0 aromatic rings.